The summed E-state index contributed by atoms with van der Waals surface area (Å²) in [5.74, 6) is -0.839. The molecular weight excluding hydrogens is 244 g/mol. The topological polar surface area (TPSA) is 105 Å². The third-order valence-corrected chi connectivity index (χ3v) is 2.54. The molecule has 0 aliphatic heterocycles. The average Bonchev–Trinajstić information content (AvgIpc) is 2.92. The monoisotopic (exact) mass is 258 g/mol. The summed E-state index contributed by atoms with van der Waals surface area (Å²) in [5.41, 5.74) is 6.99. The normalized spacial score (nSPS) is 11.8. The highest BCUT2D eigenvalue weighted by atomic mass is 16.5. The molecule has 6 nitrogen and oxygen atoms in total. The number of H-pyrrole nitrogens is 1. The molecule has 0 saturated heterocycles. The first-order valence-corrected chi connectivity index (χ1v) is 5.75. The van der Waals surface area contributed by atoms with Crippen LogP contribution in [-0.2, 0) is 16.0 Å². The van der Waals surface area contributed by atoms with E-state index in [0.717, 1.165) is 5.69 Å². The van der Waals surface area contributed by atoms with Crippen LogP contribution in [-0.4, -0.2) is 27.9 Å². The number of nitrogens with one attached hydrogen (secondary N) is 2. The fourth-order valence-corrected chi connectivity index (χ4v) is 1.54. The Morgan fingerprint density at radius 3 is 2.79 bits per heavy atom. The first-order valence-electron chi connectivity index (χ1n) is 5.75. The fourth-order valence-electron chi connectivity index (χ4n) is 1.54. The van der Waals surface area contributed by atoms with Crippen molar-refractivity contribution in [2.45, 2.75) is 12.5 Å². The number of nitrogens with zero attached hydrogens (tertiary/aromatic N) is 1. The molecule has 0 aliphatic rings. The lowest BCUT2D eigenvalue weighted by Crippen LogP contribution is -2.35. The van der Waals surface area contributed by atoms with Gasteiger partial charge in [-0.15, -0.1) is 0 Å². The second-order valence-corrected chi connectivity index (χ2v) is 4.00. The second-order valence-electron chi connectivity index (χ2n) is 4.00. The molecule has 98 valence electrons. The van der Waals surface area contributed by atoms with Gasteiger partial charge in [0.1, 0.15) is 6.04 Å². The molecule has 0 fully saturated rings. The molecule has 2 aromatic rings. The molecule has 19 heavy (non-hydrogen) atoms. The molecule has 1 aromatic heterocycles. The lowest BCUT2D eigenvalue weighted by Gasteiger charge is -2.10. The maximum absolute atomic E-state index is 11.7. The quantitative estimate of drug-likeness (QED) is 0.429. The maximum Gasteiger partial charge on any atom is 0.330 e. The first-order chi connectivity index (χ1) is 9.16. The summed E-state index contributed by atoms with van der Waals surface area (Å²) in [6, 6.07) is 7.91. The minimum atomic E-state index is -0.829. The number of esters is 1. The van der Waals surface area contributed by atoms with Gasteiger partial charge in [-0.1, -0.05) is 18.2 Å². The highest BCUT2D eigenvalue weighted by molar-refractivity contribution is 5.99. The van der Waals surface area contributed by atoms with Gasteiger partial charge in [-0.05, 0) is 12.1 Å². The van der Waals surface area contributed by atoms with E-state index in [1.54, 1.807) is 30.5 Å². The molecule has 1 aromatic carbocycles. The van der Waals surface area contributed by atoms with Gasteiger partial charge < -0.3 is 15.5 Å². The van der Waals surface area contributed by atoms with Gasteiger partial charge in [0.25, 0.3) is 0 Å². The van der Waals surface area contributed by atoms with Gasteiger partial charge in [-0.2, -0.15) is 0 Å². The average molecular weight is 258 g/mol. The number of carbonyl (C=O) groups is 1. The van der Waals surface area contributed by atoms with E-state index in [4.69, 9.17) is 15.9 Å². The third-order valence-electron chi connectivity index (χ3n) is 2.54. The minimum absolute atomic E-state index is 0.203. The van der Waals surface area contributed by atoms with Crippen molar-refractivity contribution in [3.8, 4) is 0 Å². The van der Waals surface area contributed by atoms with Gasteiger partial charge in [0.15, 0.2) is 0 Å². The minimum Gasteiger partial charge on any atom is -0.406 e. The maximum atomic E-state index is 11.7. The number of carbonyl (C=O) groups excluding carboxylic acids is 1. The number of rotatable bonds is 4. The van der Waals surface area contributed by atoms with Crippen molar-refractivity contribution < 1.29 is 9.53 Å². The predicted octanol–water partition coefficient (Wildman–Crippen LogP) is 0.848. The van der Waals surface area contributed by atoms with Crippen LogP contribution in [0.5, 0.6) is 0 Å². The zero-order chi connectivity index (χ0) is 13.7. The summed E-state index contributed by atoms with van der Waals surface area (Å²) in [7, 11) is 0. The van der Waals surface area contributed by atoms with E-state index >= 15 is 0 Å². The highest BCUT2D eigenvalue weighted by Gasteiger charge is 2.18. The Kier molecular flexibility index (Phi) is 4.04. The second kappa shape index (κ2) is 5.92. The number of benzene rings is 1. The molecular formula is C13H14N4O2. The van der Waals surface area contributed by atoms with Crippen LogP contribution in [0.3, 0.4) is 0 Å². The van der Waals surface area contributed by atoms with Gasteiger partial charge in [0, 0.05) is 23.9 Å². The van der Waals surface area contributed by atoms with E-state index in [9.17, 15) is 4.79 Å². The molecule has 0 unspecified atom stereocenters. The smallest absolute Gasteiger partial charge is 0.330 e. The van der Waals surface area contributed by atoms with Gasteiger partial charge in [0.2, 0.25) is 5.90 Å². The van der Waals surface area contributed by atoms with E-state index < -0.39 is 12.0 Å². The first kappa shape index (κ1) is 13.0. The fraction of sp³-hybridized carbons (Fsp3) is 0.154. The number of nitrogens with two attached hydrogens (primary N) is 1. The predicted molar refractivity (Wildman–Crippen MR) is 69.6 cm³/mol. The summed E-state index contributed by atoms with van der Waals surface area (Å²) >= 11 is 0. The Balaban J connectivity index is 1.92. The molecule has 0 saturated carbocycles. The van der Waals surface area contributed by atoms with Crippen LogP contribution in [0.4, 0.5) is 0 Å². The van der Waals surface area contributed by atoms with Gasteiger partial charge in [0.05, 0.1) is 6.33 Å². The standard InChI is InChI=1S/C13H14N4O2/c14-11(6-10-7-16-8-17-10)13(18)19-12(15)9-4-2-1-3-5-9/h1-5,7-8,11,15H,6,14H2,(H,16,17)/t11-/m0/s1. The molecule has 1 heterocycles. The number of hydrogen-bond acceptors (Lipinski definition) is 5. The van der Waals surface area contributed by atoms with Crippen molar-refractivity contribution >= 4 is 11.9 Å². The zero-order valence-electron chi connectivity index (χ0n) is 10.2. The van der Waals surface area contributed by atoms with E-state index in [1.807, 2.05) is 6.07 Å². The lowest BCUT2D eigenvalue weighted by atomic mass is 10.2. The number of imidazole rings is 1. The highest BCUT2D eigenvalue weighted by Crippen LogP contribution is 2.04. The summed E-state index contributed by atoms with van der Waals surface area (Å²) in [6.07, 6.45) is 3.40. The van der Waals surface area contributed by atoms with Crippen LogP contribution in [0.1, 0.15) is 11.3 Å². The Morgan fingerprint density at radius 1 is 1.42 bits per heavy atom. The molecule has 4 N–H and O–H groups in total. The molecule has 0 bridgehead atoms. The largest absolute Gasteiger partial charge is 0.406 e. The molecule has 0 spiro atoms. The van der Waals surface area contributed by atoms with E-state index in [1.165, 1.54) is 6.33 Å². The van der Waals surface area contributed by atoms with Gasteiger partial charge in [-0.25, -0.2) is 9.78 Å². The molecule has 1 atom stereocenters. The zero-order valence-corrected chi connectivity index (χ0v) is 10.2. The Morgan fingerprint density at radius 2 is 2.16 bits per heavy atom. The molecule has 2 rings (SSSR count). The van der Waals surface area contributed by atoms with Crippen molar-refractivity contribution in [2.24, 2.45) is 5.73 Å². The van der Waals surface area contributed by atoms with Crippen LogP contribution in [0.2, 0.25) is 0 Å². The van der Waals surface area contributed by atoms with Crippen molar-refractivity contribution in [3.05, 3.63) is 54.1 Å². The molecule has 0 amide bonds. The number of hydrogen-bond donors (Lipinski definition) is 3. The van der Waals surface area contributed by atoms with Gasteiger partial charge in [-0.3, -0.25) is 5.41 Å². The van der Waals surface area contributed by atoms with E-state index in [2.05, 4.69) is 9.97 Å². The molecule has 0 radical (unpaired) electrons. The number of aromatic amines is 1. The van der Waals surface area contributed by atoms with Crippen molar-refractivity contribution in [2.75, 3.05) is 0 Å². The number of aromatic nitrogens is 2. The molecule has 6 heteroatoms. The lowest BCUT2D eigenvalue weighted by molar-refractivity contribution is -0.137. The summed E-state index contributed by atoms with van der Waals surface area (Å²) in [5, 5.41) is 7.68. The van der Waals surface area contributed by atoms with E-state index in [0.29, 0.717) is 12.0 Å². The van der Waals surface area contributed by atoms with Crippen LogP contribution >= 0.6 is 0 Å². The van der Waals surface area contributed by atoms with Crippen molar-refractivity contribution in [3.63, 3.8) is 0 Å². The SMILES string of the molecule is N=C(OC(=O)[C@@H](N)Cc1cnc[nH]1)c1ccccc1. The Bertz CT molecular complexity index is 551. The summed E-state index contributed by atoms with van der Waals surface area (Å²) in [4.78, 5) is 18.4. The Labute approximate surface area is 110 Å². The van der Waals surface area contributed by atoms with Crippen LogP contribution in [0.25, 0.3) is 0 Å². The number of ether oxygens (including phenoxy) is 1. The Hall–Kier alpha value is -2.47. The van der Waals surface area contributed by atoms with Crippen molar-refractivity contribution in [1.82, 2.24) is 9.97 Å². The summed E-state index contributed by atoms with van der Waals surface area (Å²) < 4.78 is 4.93. The summed E-state index contributed by atoms with van der Waals surface area (Å²) in [6.45, 7) is 0. The third kappa shape index (κ3) is 3.49. The van der Waals surface area contributed by atoms with E-state index in [-0.39, 0.29) is 5.90 Å². The van der Waals surface area contributed by atoms with Crippen LogP contribution in [0.15, 0.2) is 42.9 Å². The van der Waals surface area contributed by atoms with Crippen LogP contribution in [0, 0.1) is 5.41 Å². The van der Waals surface area contributed by atoms with Gasteiger partial charge >= 0.3 is 5.97 Å². The van der Waals surface area contributed by atoms with Crippen molar-refractivity contribution in [1.29, 1.82) is 5.41 Å². The molecule has 0 aliphatic carbocycles. The van der Waals surface area contributed by atoms with Crippen LogP contribution < -0.4 is 5.73 Å².